The van der Waals surface area contributed by atoms with Crippen LogP contribution in [-0.2, 0) is 16.4 Å². The zero-order valence-electron chi connectivity index (χ0n) is 11.0. The van der Waals surface area contributed by atoms with Crippen molar-refractivity contribution in [3.05, 3.63) is 53.7 Å². The van der Waals surface area contributed by atoms with Crippen LogP contribution in [-0.4, -0.2) is 19.3 Å². The van der Waals surface area contributed by atoms with Gasteiger partial charge in [0.15, 0.2) is 0 Å². The molecule has 1 heterocycles. The van der Waals surface area contributed by atoms with Crippen LogP contribution in [0.4, 0.5) is 5.82 Å². The van der Waals surface area contributed by atoms with E-state index in [1.807, 2.05) is 0 Å². The largest absolute Gasteiger partial charge is 0.263 e. The summed E-state index contributed by atoms with van der Waals surface area (Å²) in [6, 6.07) is 10.2. The monoisotopic (exact) mass is 310 g/mol. The Labute approximate surface area is 123 Å². The van der Waals surface area contributed by atoms with E-state index in [0.29, 0.717) is 18.1 Å². The highest BCUT2D eigenvalue weighted by Gasteiger charge is 2.15. The molecule has 4 nitrogen and oxygen atoms in total. The maximum Gasteiger partial charge on any atom is 0.263 e. The second kappa shape index (κ2) is 6.24. The molecule has 0 radical (unpaired) electrons. The molecule has 0 bridgehead atoms. The number of halogens is 1. The number of nitrogens with one attached hydrogen (secondary N) is 1. The van der Waals surface area contributed by atoms with E-state index in [2.05, 4.69) is 9.71 Å². The lowest BCUT2D eigenvalue weighted by Crippen LogP contribution is -2.14. The first-order valence-electron chi connectivity index (χ1n) is 6.12. The minimum Gasteiger partial charge on any atom is -0.263 e. The fourth-order valence-corrected chi connectivity index (χ4v) is 3.02. The maximum absolute atomic E-state index is 12.2. The molecule has 0 unspecified atom stereocenters. The Morgan fingerprint density at radius 2 is 1.90 bits per heavy atom. The number of rotatable bonds is 5. The number of alkyl halides is 1. The van der Waals surface area contributed by atoms with Crippen molar-refractivity contribution in [2.24, 2.45) is 0 Å². The molecule has 1 N–H and O–H groups in total. The minimum atomic E-state index is -3.61. The number of pyridine rings is 1. The van der Waals surface area contributed by atoms with E-state index >= 15 is 0 Å². The second-order valence-corrected chi connectivity index (χ2v) is 6.42. The Morgan fingerprint density at radius 1 is 1.20 bits per heavy atom. The number of anilines is 1. The maximum atomic E-state index is 12.2. The highest BCUT2D eigenvalue weighted by atomic mass is 35.5. The van der Waals surface area contributed by atoms with Gasteiger partial charge in [-0.1, -0.05) is 18.2 Å². The van der Waals surface area contributed by atoms with Crippen LogP contribution in [0.1, 0.15) is 11.1 Å². The van der Waals surface area contributed by atoms with Crippen LogP contribution in [0.2, 0.25) is 0 Å². The average molecular weight is 311 g/mol. The van der Waals surface area contributed by atoms with E-state index < -0.39 is 10.0 Å². The molecule has 0 aliphatic heterocycles. The third kappa shape index (κ3) is 3.49. The summed E-state index contributed by atoms with van der Waals surface area (Å²) in [5.41, 5.74) is 1.78. The van der Waals surface area contributed by atoms with Crippen LogP contribution in [0.5, 0.6) is 0 Å². The van der Waals surface area contributed by atoms with Crippen molar-refractivity contribution in [2.45, 2.75) is 18.2 Å². The van der Waals surface area contributed by atoms with Crippen molar-refractivity contribution in [3.63, 3.8) is 0 Å². The topological polar surface area (TPSA) is 59.1 Å². The Balaban J connectivity index is 2.24. The molecule has 0 saturated heterocycles. The summed E-state index contributed by atoms with van der Waals surface area (Å²) >= 11 is 5.65. The zero-order valence-corrected chi connectivity index (χ0v) is 12.6. The van der Waals surface area contributed by atoms with Gasteiger partial charge in [-0.25, -0.2) is 13.4 Å². The predicted molar refractivity (Wildman–Crippen MR) is 80.6 cm³/mol. The molecule has 2 aromatic rings. The molecule has 0 aliphatic carbocycles. The van der Waals surface area contributed by atoms with Crippen molar-refractivity contribution in [3.8, 4) is 0 Å². The molecule has 2 rings (SSSR count). The van der Waals surface area contributed by atoms with Gasteiger partial charge in [0.2, 0.25) is 0 Å². The first-order valence-corrected chi connectivity index (χ1v) is 8.14. The summed E-state index contributed by atoms with van der Waals surface area (Å²) in [6.45, 7) is 1.80. The van der Waals surface area contributed by atoms with Gasteiger partial charge in [0.25, 0.3) is 10.0 Å². The normalized spacial score (nSPS) is 11.3. The van der Waals surface area contributed by atoms with E-state index in [4.69, 9.17) is 11.6 Å². The molecular weight excluding hydrogens is 296 g/mol. The second-order valence-electron chi connectivity index (χ2n) is 4.36. The predicted octanol–water partition coefficient (Wildman–Crippen LogP) is 2.97. The van der Waals surface area contributed by atoms with Gasteiger partial charge in [0, 0.05) is 12.1 Å². The summed E-state index contributed by atoms with van der Waals surface area (Å²) in [4.78, 5) is 4.24. The fourth-order valence-electron chi connectivity index (χ4n) is 1.72. The smallest absolute Gasteiger partial charge is 0.263 e. The molecule has 0 saturated carbocycles. The molecule has 106 valence electrons. The Kier molecular flexibility index (Phi) is 4.62. The summed E-state index contributed by atoms with van der Waals surface area (Å²) < 4.78 is 27.0. The Hall–Kier alpha value is -1.59. The van der Waals surface area contributed by atoms with E-state index in [1.54, 1.807) is 49.5 Å². The zero-order chi connectivity index (χ0) is 14.6. The van der Waals surface area contributed by atoms with E-state index in [9.17, 15) is 8.42 Å². The number of aromatic nitrogens is 1. The number of sulfonamides is 1. The quantitative estimate of drug-likeness (QED) is 0.864. The third-order valence-electron chi connectivity index (χ3n) is 2.86. The average Bonchev–Trinajstić information content (AvgIpc) is 2.42. The van der Waals surface area contributed by atoms with Crippen LogP contribution in [0.15, 0.2) is 47.5 Å². The molecule has 1 aromatic heterocycles. The molecule has 0 amide bonds. The van der Waals surface area contributed by atoms with Crippen molar-refractivity contribution >= 4 is 27.4 Å². The van der Waals surface area contributed by atoms with E-state index in [1.165, 1.54) is 0 Å². The third-order valence-corrected chi connectivity index (χ3v) is 4.40. The van der Waals surface area contributed by atoms with Gasteiger partial charge in [-0.2, -0.15) is 0 Å². The van der Waals surface area contributed by atoms with E-state index in [0.717, 1.165) is 11.1 Å². The lowest BCUT2D eigenvalue weighted by Gasteiger charge is -2.09. The fraction of sp³-hybridized carbons (Fsp3) is 0.214. The van der Waals surface area contributed by atoms with Gasteiger partial charge in [0.05, 0.1) is 4.90 Å². The molecule has 0 spiro atoms. The SMILES string of the molecule is Cc1cccnc1NS(=O)(=O)c1ccc(CCCl)cc1. The number of nitrogens with zero attached hydrogens (tertiary/aromatic N) is 1. The number of hydrogen-bond acceptors (Lipinski definition) is 3. The van der Waals surface area contributed by atoms with Gasteiger partial charge in [0.1, 0.15) is 5.82 Å². The van der Waals surface area contributed by atoms with Crippen LogP contribution in [0, 0.1) is 6.92 Å². The highest BCUT2D eigenvalue weighted by Crippen LogP contribution is 2.17. The highest BCUT2D eigenvalue weighted by molar-refractivity contribution is 7.92. The number of aryl methyl sites for hydroxylation is 2. The molecule has 0 atom stereocenters. The first kappa shape index (κ1) is 14.8. The van der Waals surface area contributed by atoms with Crippen LogP contribution < -0.4 is 4.72 Å². The summed E-state index contributed by atoms with van der Waals surface area (Å²) in [6.07, 6.45) is 2.27. The summed E-state index contributed by atoms with van der Waals surface area (Å²) in [5.74, 6) is 0.856. The summed E-state index contributed by atoms with van der Waals surface area (Å²) in [5, 5.41) is 0. The minimum absolute atomic E-state index is 0.209. The number of benzene rings is 1. The first-order chi connectivity index (χ1) is 9.53. The molecule has 0 fully saturated rings. The Bertz CT molecular complexity index is 685. The van der Waals surface area contributed by atoms with Gasteiger partial charge in [-0.3, -0.25) is 4.72 Å². The molecule has 1 aromatic carbocycles. The lowest BCUT2D eigenvalue weighted by molar-refractivity contribution is 0.601. The van der Waals surface area contributed by atoms with Crippen LogP contribution in [0.3, 0.4) is 0 Å². The number of hydrogen-bond donors (Lipinski definition) is 1. The van der Waals surface area contributed by atoms with Crippen molar-refractivity contribution in [1.29, 1.82) is 0 Å². The Morgan fingerprint density at radius 3 is 2.50 bits per heavy atom. The standard InChI is InChI=1S/C14H15ClN2O2S/c1-11-3-2-10-16-14(11)17-20(18,19)13-6-4-12(5-7-13)8-9-15/h2-7,10H,8-9H2,1H3,(H,16,17). The molecule has 6 heteroatoms. The van der Waals surface area contributed by atoms with E-state index in [-0.39, 0.29) is 4.90 Å². The molecular formula is C14H15ClN2O2S. The van der Waals surface area contributed by atoms with Gasteiger partial charge in [-0.05, 0) is 42.7 Å². The van der Waals surface area contributed by atoms with Crippen LogP contribution in [0.25, 0.3) is 0 Å². The van der Waals surface area contributed by atoms with Crippen LogP contribution >= 0.6 is 11.6 Å². The van der Waals surface area contributed by atoms with Gasteiger partial charge >= 0.3 is 0 Å². The lowest BCUT2D eigenvalue weighted by atomic mass is 10.2. The van der Waals surface area contributed by atoms with Gasteiger partial charge in [-0.15, -0.1) is 11.6 Å². The molecule has 0 aliphatic rings. The van der Waals surface area contributed by atoms with Crippen molar-refractivity contribution in [1.82, 2.24) is 4.98 Å². The molecule has 20 heavy (non-hydrogen) atoms. The summed E-state index contributed by atoms with van der Waals surface area (Å²) in [7, 11) is -3.61. The van der Waals surface area contributed by atoms with Crippen molar-refractivity contribution in [2.75, 3.05) is 10.6 Å². The van der Waals surface area contributed by atoms with Crippen molar-refractivity contribution < 1.29 is 8.42 Å². The van der Waals surface area contributed by atoms with Gasteiger partial charge < -0.3 is 0 Å².